The highest BCUT2D eigenvalue weighted by Gasteiger charge is 2.05. The highest BCUT2D eigenvalue weighted by molar-refractivity contribution is 14.0. The fraction of sp³-hybridized carbons (Fsp3) is 0.467. The van der Waals surface area contributed by atoms with E-state index in [1.165, 1.54) is 5.56 Å². The van der Waals surface area contributed by atoms with Gasteiger partial charge in [0.2, 0.25) is 0 Å². The minimum absolute atomic E-state index is 0. The van der Waals surface area contributed by atoms with Gasteiger partial charge in [0.15, 0.2) is 5.96 Å². The van der Waals surface area contributed by atoms with Crippen LogP contribution in [0.2, 0.25) is 0 Å². The molecule has 0 aliphatic rings. The van der Waals surface area contributed by atoms with Crippen LogP contribution in [-0.4, -0.2) is 59.9 Å². The Kier molecular flexibility index (Phi) is 6.44. The molecule has 0 saturated heterocycles. The zero-order valence-electron chi connectivity index (χ0n) is 13.4. The predicted molar refractivity (Wildman–Crippen MR) is 98.7 cm³/mol. The number of imidazole rings is 1. The fourth-order valence-corrected chi connectivity index (χ4v) is 2.28. The van der Waals surface area contributed by atoms with Crippen molar-refractivity contribution < 1.29 is 0 Å². The molecule has 0 aromatic carbocycles. The molecule has 0 aliphatic heterocycles. The van der Waals surface area contributed by atoms with E-state index in [9.17, 15) is 0 Å². The maximum absolute atomic E-state index is 4.67. The first-order chi connectivity index (χ1) is 9.49. The van der Waals surface area contributed by atoms with Crippen molar-refractivity contribution in [2.75, 3.05) is 34.7 Å². The van der Waals surface area contributed by atoms with Gasteiger partial charge in [-0.25, -0.2) is 4.98 Å². The van der Waals surface area contributed by atoms with Gasteiger partial charge in [-0.3, -0.25) is 4.99 Å². The first-order valence-corrected chi connectivity index (χ1v) is 6.81. The van der Waals surface area contributed by atoms with Crippen LogP contribution in [0, 0.1) is 6.92 Å². The van der Waals surface area contributed by atoms with Crippen LogP contribution in [0.15, 0.2) is 29.5 Å². The normalized spacial score (nSPS) is 10.1. The van der Waals surface area contributed by atoms with Crippen LogP contribution in [0.25, 0.3) is 5.65 Å². The number of aromatic nitrogens is 2. The van der Waals surface area contributed by atoms with E-state index >= 15 is 0 Å². The number of hydrogen-bond acceptors (Lipinski definition) is 2. The van der Waals surface area contributed by atoms with Crippen LogP contribution >= 0.6 is 24.0 Å². The summed E-state index contributed by atoms with van der Waals surface area (Å²) < 4.78 is 2.08. The van der Waals surface area contributed by atoms with Crippen molar-refractivity contribution >= 4 is 35.6 Å². The van der Waals surface area contributed by atoms with Crippen molar-refractivity contribution in [2.45, 2.75) is 13.3 Å². The molecular weight excluding hydrogens is 377 g/mol. The lowest BCUT2D eigenvalue weighted by molar-refractivity contribution is 0.479. The van der Waals surface area contributed by atoms with Crippen LogP contribution in [0.5, 0.6) is 0 Å². The molecule has 0 atom stereocenters. The Balaban J connectivity index is 0.00000220. The molecule has 2 aromatic rings. The summed E-state index contributed by atoms with van der Waals surface area (Å²) in [6.07, 6.45) is 4.97. The summed E-state index contributed by atoms with van der Waals surface area (Å²) in [5.74, 6) is 0.977. The third kappa shape index (κ3) is 4.33. The van der Waals surface area contributed by atoms with Crippen LogP contribution in [0.3, 0.4) is 0 Å². The molecule has 0 N–H and O–H groups in total. The Morgan fingerprint density at radius 1 is 1.24 bits per heavy atom. The van der Waals surface area contributed by atoms with Gasteiger partial charge in [-0.1, -0.05) is 6.07 Å². The minimum atomic E-state index is 0. The number of hydrogen-bond donors (Lipinski definition) is 0. The van der Waals surface area contributed by atoms with Gasteiger partial charge in [-0.15, -0.1) is 24.0 Å². The van der Waals surface area contributed by atoms with Crippen LogP contribution in [0.1, 0.15) is 11.3 Å². The molecule has 21 heavy (non-hydrogen) atoms. The van der Waals surface area contributed by atoms with Crippen molar-refractivity contribution in [1.29, 1.82) is 0 Å². The van der Waals surface area contributed by atoms with E-state index in [0.717, 1.165) is 30.3 Å². The van der Waals surface area contributed by atoms with Gasteiger partial charge < -0.3 is 14.2 Å². The fourth-order valence-electron chi connectivity index (χ4n) is 2.28. The Morgan fingerprint density at radius 3 is 2.48 bits per heavy atom. The summed E-state index contributed by atoms with van der Waals surface area (Å²) in [7, 11) is 8.03. The van der Waals surface area contributed by atoms with E-state index in [2.05, 4.69) is 33.6 Å². The summed E-state index contributed by atoms with van der Waals surface area (Å²) in [4.78, 5) is 13.3. The lowest BCUT2D eigenvalue weighted by atomic mass is 10.3. The number of pyridine rings is 1. The zero-order chi connectivity index (χ0) is 14.7. The SMILES string of the molecule is Cc1cccn2cc(CCN=C(N(C)C)N(C)C)nc12.I. The Morgan fingerprint density at radius 2 is 1.90 bits per heavy atom. The molecule has 0 spiro atoms. The van der Waals surface area contributed by atoms with E-state index in [4.69, 9.17) is 0 Å². The molecule has 0 amide bonds. The maximum Gasteiger partial charge on any atom is 0.195 e. The zero-order valence-corrected chi connectivity index (χ0v) is 15.7. The highest BCUT2D eigenvalue weighted by Crippen LogP contribution is 2.10. The predicted octanol–water partition coefficient (Wildman–Crippen LogP) is 2.28. The van der Waals surface area contributed by atoms with Crippen molar-refractivity contribution in [3.05, 3.63) is 35.8 Å². The van der Waals surface area contributed by atoms with E-state index < -0.39 is 0 Å². The summed E-state index contributed by atoms with van der Waals surface area (Å²) in [5.41, 5.74) is 3.32. The molecule has 0 saturated carbocycles. The van der Waals surface area contributed by atoms with Gasteiger partial charge in [-0.2, -0.15) is 0 Å². The lowest BCUT2D eigenvalue weighted by Crippen LogP contribution is -2.35. The van der Waals surface area contributed by atoms with Gasteiger partial charge in [0, 0.05) is 53.5 Å². The average Bonchev–Trinajstić information content (AvgIpc) is 2.78. The summed E-state index contributed by atoms with van der Waals surface area (Å²) in [6.45, 7) is 2.83. The van der Waals surface area contributed by atoms with Crippen LogP contribution in [-0.2, 0) is 6.42 Å². The molecular formula is C15H24IN5. The number of aliphatic imine (C=N–C) groups is 1. The number of nitrogens with zero attached hydrogens (tertiary/aromatic N) is 5. The minimum Gasteiger partial charge on any atom is -0.349 e. The second-order valence-electron chi connectivity index (χ2n) is 5.37. The van der Waals surface area contributed by atoms with E-state index in [0.29, 0.717) is 0 Å². The first kappa shape index (κ1) is 17.7. The number of aryl methyl sites for hydroxylation is 1. The van der Waals surface area contributed by atoms with Crippen molar-refractivity contribution in [3.63, 3.8) is 0 Å². The van der Waals surface area contributed by atoms with Crippen LogP contribution in [0.4, 0.5) is 0 Å². The standard InChI is InChI=1S/C15H23N5.HI/c1-12-7-6-10-20-11-13(17-14(12)20)8-9-16-15(18(2)3)19(4)5;/h6-7,10-11H,8-9H2,1-5H3;1H. The van der Waals surface area contributed by atoms with Crippen molar-refractivity contribution in [3.8, 4) is 0 Å². The topological polar surface area (TPSA) is 36.1 Å². The molecule has 0 unspecified atom stereocenters. The van der Waals surface area contributed by atoms with Gasteiger partial charge in [0.05, 0.1) is 5.69 Å². The third-order valence-corrected chi connectivity index (χ3v) is 3.15. The largest absolute Gasteiger partial charge is 0.349 e. The molecule has 0 bridgehead atoms. The number of fused-ring (bicyclic) bond motifs is 1. The summed E-state index contributed by atoms with van der Waals surface area (Å²) in [6, 6.07) is 4.13. The number of rotatable bonds is 3. The number of guanidine groups is 1. The quantitative estimate of drug-likeness (QED) is 0.450. The van der Waals surface area contributed by atoms with Crippen LogP contribution < -0.4 is 0 Å². The van der Waals surface area contributed by atoms with E-state index in [1.54, 1.807) is 0 Å². The van der Waals surface area contributed by atoms with Crippen molar-refractivity contribution in [2.24, 2.45) is 4.99 Å². The van der Waals surface area contributed by atoms with E-state index in [1.807, 2.05) is 50.3 Å². The lowest BCUT2D eigenvalue weighted by Gasteiger charge is -2.22. The monoisotopic (exact) mass is 401 g/mol. The Bertz CT molecular complexity index is 606. The van der Waals surface area contributed by atoms with Gasteiger partial charge >= 0.3 is 0 Å². The molecule has 0 fully saturated rings. The maximum atomic E-state index is 4.67. The summed E-state index contributed by atoms with van der Waals surface area (Å²) in [5, 5.41) is 0. The molecule has 116 valence electrons. The van der Waals surface area contributed by atoms with Crippen molar-refractivity contribution in [1.82, 2.24) is 19.2 Å². The van der Waals surface area contributed by atoms with Gasteiger partial charge in [0.25, 0.3) is 0 Å². The smallest absolute Gasteiger partial charge is 0.195 e. The Hall–Kier alpha value is -1.31. The average molecular weight is 401 g/mol. The molecule has 2 heterocycles. The number of halogens is 1. The first-order valence-electron chi connectivity index (χ1n) is 6.81. The second kappa shape index (κ2) is 7.63. The molecule has 0 radical (unpaired) electrons. The third-order valence-electron chi connectivity index (χ3n) is 3.15. The van der Waals surface area contributed by atoms with Gasteiger partial charge in [-0.05, 0) is 18.6 Å². The highest BCUT2D eigenvalue weighted by atomic mass is 127. The molecule has 0 aliphatic carbocycles. The molecule has 5 nitrogen and oxygen atoms in total. The van der Waals surface area contributed by atoms with E-state index in [-0.39, 0.29) is 24.0 Å². The Labute approximate surface area is 143 Å². The molecule has 6 heteroatoms. The second-order valence-corrected chi connectivity index (χ2v) is 5.37. The van der Waals surface area contributed by atoms with Gasteiger partial charge in [0.1, 0.15) is 5.65 Å². The summed E-state index contributed by atoms with van der Waals surface area (Å²) >= 11 is 0. The molecule has 2 rings (SSSR count). The molecule has 2 aromatic heterocycles.